The molecule has 3 aromatic carbocycles. The number of nitrogens with two attached hydrogens (primary N) is 1. The zero-order valence-corrected chi connectivity index (χ0v) is 20.1. The molecule has 0 saturated carbocycles. The second-order valence-corrected chi connectivity index (χ2v) is 8.06. The molecule has 6 N–H and O–H groups in total. The van der Waals surface area contributed by atoms with Gasteiger partial charge < -0.3 is 30.9 Å². The SMILES string of the molecule is CC(NC(=O)C(C(=O)Nc1ccc(C(=N)N)cc1)c1ccccc1)c1ccc2c(c1)OCCO2.O=CO. The number of benzene rings is 3. The maximum atomic E-state index is 13.3. The number of carbonyl (C=O) groups is 3. The van der Waals surface area contributed by atoms with E-state index in [4.69, 9.17) is 30.5 Å². The molecule has 0 radical (unpaired) electrons. The lowest BCUT2D eigenvalue weighted by Crippen LogP contribution is -2.37. The van der Waals surface area contributed by atoms with Gasteiger partial charge in [-0.1, -0.05) is 36.4 Å². The summed E-state index contributed by atoms with van der Waals surface area (Å²) < 4.78 is 11.2. The van der Waals surface area contributed by atoms with Gasteiger partial charge >= 0.3 is 0 Å². The fraction of sp³-hybridized carbons (Fsp3) is 0.185. The standard InChI is InChI=1S/C26H26N4O4.CH2O2/c1-16(19-9-12-21-22(15-19)34-14-13-33-21)29-25(31)23(17-5-3-2-4-6-17)26(32)30-20-10-7-18(8-11-20)24(27)28;2-1-3/h2-12,15-16,23H,13-14H2,1H3,(H3,27,28)(H,29,31)(H,30,32);1H,(H,2,3). The first-order valence-corrected chi connectivity index (χ1v) is 11.4. The molecule has 0 aromatic heterocycles. The minimum Gasteiger partial charge on any atom is -0.486 e. The predicted octanol–water partition coefficient (Wildman–Crippen LogP) is 3.04. The van der Waals surface area contributed by atoms with E-state index in [1.807, 2.05) is 31.2 Å². The number of amidine groups is 1. The summed E-state index contributed by atoms with van der Waals surface area (Å²) in [6.07, 6.45) is 0. The number of nitrogens with one attached hydrogen (secondary N) is 3. The van der Waals surface area contributed by atoms with Gasteiger partial charge in [-0.2, -0.15) is 0 Å². The van der Waals surface area contributed by atoms with Gasteiger partial charge in [-0.25, -0.2) is 0 Å². The van der Waals surface area contributed by atoms with Crippen LogP contribution in [0.15, 0.2) is 72.8 Å². The number of rotatable bonds is 7. The van der Waals surface area contributed by atoms with Crippen LogP contribution in [0.4, 0.5) is 5.69 Å². The third kappa shape index (κ3) is 7.07. The molecular weight excluding hydrogens is 476 g/mol. The minimum atomic E-state index is -1.06. The van der Waals surface area contributed by atoms with Crippen molar-refractivity contribution in [3.63, 3.8) is 0 Å². The maximum absolute atomic E-state index is 13.3. The number of ether oxygens (including phenoxy) is 2. The van der Waals surface area contributed by atoms with Crippen LogP contribution in [0.25, 0.3) is 0 Å². The normalized spacial score (nSPS) is 13.1. The number of carboxylic acid groups (broad SMARTS) is 1. The van der Waals surface area contributed by atoms with E-state index in [0.29, 0.717) is 41.5 Å². The quantitative estimate of drug-likeness (QED) is 0.143. The van der Waals surface area contributed by atoms with Crippen molar-refractivity contribution in [3.05, 3.63) is 89.5 Å². The van der Waals surface area contributed by atoms with Gasteiger partial charge in [0.2, 0.25) is 11.8 Å². The molecule has 2 unspecified atom stereocenters. The first kappa shape index (κ1) is 26.7. The van der Waals surface area contributed by atoms with Crippen molar-refractivity contribution in [2.75, 3.05) is 18.5 Å². The van der Waals surface area contributed by atoms with Crippen LogP contribution in [0.3, 0.4) is 0 Å². The molecule has 10 nitrogen and oxygen atoms in total. The fourth-order valence-electron chi connectivity index (χ4n) is 3.72. The summed E-state index contributed by atoms with van der Waals surface area (Å²) in [7, 11) is 0. The molecule has 37 heavy (non-hydrogen) atoms. The first-order chi connectivity index (χ1) is 17.8. The van der Waals surface area contributed by atoms with Crippen molar-refractivity contribution < 1.29 is 29.0 Å². The smallest absolute Gasteiger partial charge is 0.290 e. The number of anilines is 1. The van der Waals surface area contributed by atoms with Gasteiger partial charge in [-0.15, -0.1) is 0 Å². The number of nitrogen functional groups attached to an aromatic ring is 1. The predicted molar refractivity (Wildman–Crippen MR) is 138 cm³/mol. The molecule has 0 fully saturated rings. The summed E-state index contributed by atoms with van der Waals surface area (Å²) in [4.78, 5) is 34.9. The van der Waals surface area contributed by atoms with Crippen LogP contribution in [-0.2, 0) is 14.4 Å². The molecule has 3 aromatic rings. The van der Waals surface area contributed by atoms with E-state index in [-0.39, 0.29) is 18.3 Å². The molecule has 4 rings (SSSR count). The number of hydrogen-bond acceptors (Lipinski definition) is 6. The number of fused-ring (bicyclic) bond motifs is 1. The topological polar surface area (TPSA) is 164 Å². The van der Waals surface area contributed by atoms with E-state index >= 15 is 0 Å². The third-order valence-electron chi connectivity index (χ3n) is 5.55. The lowest BCUT2D eigenvalue weighted by Gasteiger charge is -2.23. The maximum Gasteiger partial charge on any atom is 0.290 e. The van der Waals surface area contributed by atoms with E-state index in [1.165, 1.54) is 0 Å². The van der Waals surface area contributed by atoms with Gasteiger partial charge in [-0.3, -0.25) is 19.8 Å². The Hall–Kier alpha value is -4.86. The van der Waals surface area contributed by atoms with E-state index in [0.717, 1.165) is 5.56 Å². The van der Waals surface area contributed by atoms with E-state index < -0.39 is 17.7 Å². The minimum absolute atomic E-state index is 0.0625. The second-order valence-electron chi connectivity index (χ2n) is 8.06. The van der Waals surface area contributed by atoms with Crippen molar-refractivity contribution in [2.24, 2.45) is 5.73 Å². The van der Waals surface area contributed by atoms with Gasteiger partial charge in [0.05, 0.1) is 6.04 Å². The van der Waals surface area contributed by atoms with E-state index in [9.17, 15) is 9.59 Å². The van der Waals surface area contributed by atoms with E-state index in [2.05, 4.69) is 10.6 Å². The summed E-state index contributed by atoms with van der Waals surface area (Å²) in [5.74, 6) is -0.706. The monoisotopic (exact) mass is 504 g/mol. The Morgan fingerprint density at radius 1 is 0.946 bits per heavy atom. The Labute approximate surface area is 213 Å². The molecule has 2 amide bonds. The summed E-state index contributed by atoms with van der Waals surface area (Å²) >= 11 is 0. The van der Waals surface area contributed by atoms with Crippen LogP contribution in [0.5, 0.6) is 11.5 Å². The Balaban J connectivity index is 0.00000121. The zero-order valence-electron chi connectivity index (χ0n) is 20.1. The highest BCUT2D eigenvalue weighted by molar-refractivity contribution is 6.11. The molecular formula is C27H28N4O6. The molecule has 0 spiro atoms. The molecule has 1 heterocycles. The molecule has 0 aliphatic carbocycles. The Bertz CT molecular complexity index is 1250. The van der Waals surface area contributed by atoms with E-state index in [1.54, 1.807) is 48.5 Å². The zero-order chi connectivity index (χ0) is 26.8. The lowest BCUT2D eigenvalue weighted by molar-refractivity contribution is -0.129. The van der Waals surface area contributed by atoms with Gasteiger partial charge in [0.25, 0.3) is 6.47 Å². The lowest BCUT2D eigenvalue weighted by atomic mass is 9.96. The molecule has 1 aliphatic rings. The Kier molecular flexibility index (Phi) is 9.20. The van der Waals surface area contributed by atoms with Crippen LogP contribution >= 0.6 is 0 Å². The summed E-state index contributed by atoms with van der Waals surface area (Å²) in [5, 5.41) is 20.1. The number of amides is 2. The third-order valence-corrected chi connectivity index (χ3v) is 5.55. The average Bonchev–Trinajstić information content (AvgIpc) is 2.90. The molecule has 2 atom stereocenters. The molecule has 0 saturated heterocycles. The highest BCUT2D eigenvalue weighted by atomic mass is 16.6. The van der Waals surface area contributed by atoms with Gasteiger partial charge in [0.15, 0.2) is 11.5 Å². The van der Waals surface area contributed by atoms with Crippen LogP contribution in [-0.4, -0.2) is 42.4 Å². The summed E-state index contributed by atoms with van der Waals surface area (Å²) in [6, 6.07) is 20.6. The highest BCUT2D eigenvalue weighted by Crippen LogP contribution is 2.33. The fourth-order valence-corrected chi connectivity index (χ4v) is 3.72. The number of hydrogen-bond donors (Lipinski definition) is 5. The van der Waals surface area contributed by atoms with Gasteiger partial charge in [-0.05, 0) is 54.4 Å². The van der Waals surface area contributed by atoms with Crippen molar-refractivity contribution >= 4 is 29.8 Å². The van der Waals surface area contributed by atoms with Crippen LogP contribution in [0.2, 0.25) is 0 Å². The average molecular weight is 505 g/mol. The van der Waals surface area contributed by atoms with Gasteiger partial charge in [0, 0.05) is 11.3 Å². The number of carbonyl (C=O) groups excluding carboxylic acids is 2. The highest BCUT2D eigenvalue weighted by Gasteiger charge is 2.30. The van der Waals surface area contributed by atoms with Crippen LogP contribution in [0.1, 0.15) is 35.6 Å². The van der Waals surface area contributed by atoms with Crippen LogP contribution in [0, 0.1) is 5.41 Å². The van der Waals surface area contributed by atoms with Crippen molar-refractivity contribution in [1.82, 2.24) is 5.32 Å². The van der Waals surface area contributed by atoms with Gasteiger partial charge in [0.1, 0.15) is 25.0 Å². The first-order valence-electron chi connectivity index (χ1n) is 11.4. The molecule has 10 heteroatoms. The molecule has 192 valence electrons. The van der Waals surface area contributed by atoms with Crippen LogP contribution < -0.4 is 25.8 Å². The summed E-state index contributed by atoms with van der Waals surface area (Å²) in [6.45, 7) is 2.58. The second kappa shape index (κ2) is 12.7. The van der Waals surface area contributed by atoms with Crippen molar-refractivity contribution in [3.8, 4) is 11.5 Å². The largest absolute Gasteiger partial charge is 0.486 e. The summed E-state index contributed by atoms with van der Waals surface area (Å²) in [5.41, 5.74) is 7.95. The van der Waals surface area contributed by atoms with Crippen molar-refractivity contribution in [1.29, 1.82) is 5.41 Å². The molecule has 0 bridgehead atoms. The van der Waals surface area contributed by atoms with Crippen molar-refractivity contribution in [2.45, 2.75) is 18.9 Å². The Morgan fingerprint density at radius 2 is 1.57 bits per heavy atom. The Morgan fingerprint density at radius 3 is 2.19 bits per heavy atom. The molecule has 1 aliphatic heterocycles.